The molecule has 2 fully saturated rings. The number of hydrogen-bond acceptors (Lipinski definition) is 2. The Hall–Kier alpha value is -1.09. The smallest absolute Gasteiger partial charge is 0.251 e. The molecule has 0 radical (unpaired) electrons. The van der Waals surface area contributed by atoms with E-state index in [2.05, 4.69) is 11.1 Å². The third-order valence-corrected chi connectivity index (χ3v) is 3.62. The average molecular weight is 218 g/mol. The highest BCUT2D eigenvalue weighted by Crippen LogP contribution is 2.44. The lowest BCUT2D eigenvalue weighted by molar-refractivity contribution is 0.879. The minimum atomic E-state index is 0.108. The van der Waals surface area contributed by atoms with Gasteiger partial charge in [-0.1, -0.05) is 0 Å². The van der Waals surface area contributed by atoms with Crippen LogP contribution in [0.1, 0.15) is 54.3 Å². The summed E-state index contributed by atoms with van der Waals surface area (Å²) in [6.45, 7) is 0.561. The lowest BCUT2D eigenvalue weighted by Gasteiger charge is -2.09. The Balaban J connectivity index is 2.04. The molecular formula is C13H18N2O. The highest BCUT2D eigenvalue weighted by atomic mass is 16.1. The second-order valence-electron chi connectivity index (χ2n) is 5.07. The average Bonchev–Trinajstić information content (AvgIpc) is 3.15. The Labute approximate surface area is 95.1 Å². The molecule has 2 saturated carbocycles. The fourth-order valence-corrected chi connectivity index (χ4v) is 2.40. The third-order valence-electron chi connectivity index (χ3n) is 3.62. The summed E-state index contributed by atoms with van der Waals surface area (Å²) in [5.41, 5.74) is 9.07. The molecule has 0 aliphatic heterocycles. The molecule has 0 spiro atoms. The van der Waals surface area contributed by atoms with Crippen LogP contribution < -0.4 is 11.3 Å². The fourth-order valence-electron chi connectivity index (χ4n) is 2.40. The minimum Gasteiger partial charge on any atom is -0.330 e. The summed E-state index contributed by atoms with van der Waals surface area (Å²) < 4.78 is 0. The van der Waals surface area contributed by atoms with Crippen molar-refractivity contribution in [1.29, 1.82) is 0 Å². The van der Waals surface area contributed by atoms with E-state index in [1.165, 1.54) is 31.2 Å². The van der Waals surface area contributed by atoms with Crippen LogP contribution in [-0.4, -0.2) is 11.5 Å². The molecule has 86 valence electrons. The van der Waals surface area contributed by atoms with Crippen molar-refractivity contribution in [3.8, 4) is 0 Å². The monoisotopic (exact) mass is 218 g/mol. The van der Waals surface area contributed by atoms with E-state index in [1.807, 2.05) is 0 Å². The quantitative estimate of drug-likeness (QED) is 0.807. The van der Waals surface area contributed by atoms with Crippen molar-refractivity contribution in [2.45, 2.75) is 43.9 Å². The van der Waals surface area contributed by atoms with Crippen LogP contribution in [0.25, 0.3) is 0 Å². The Kier molecular flexibility index (Phi) is 2.36. The first-order valence-electron chi connectivity index (χ1n) is 6.25. The van der Waals surface area contributed by atoms with Gasteiger partial charge in [0.05, 0.1) is 0 Å². The van der Waals surface area contributed by atoms with Gasteiger partial charge in [0.15, 0.2) is 0 Å². The fraction of sp³-hybridized carbons (Fsp3) is 0.615. The first-order chi connectivity index (χ1) is 7.79. The van der Waals surface area contributed by atoms with Gasteiger partial charge in [0.2, 0.25) is 0 Å². The van der Waals surface area contributed by atoms with Crippen molar-refractivity contribution >= 4 is 0 Å². The number of hydrogen-bond donors (Lipinski definition) is 2. The highest BCUT2D eigenvalue weighted by molar-refractivity contribution is 5.35. The number of pyridine rings is 1. The Morgan fingerprint density at radius 1 is 1.25 bits per heavy atom. The minimum absolute atomic E-state index is 0.108. The molecule has 0 aromatic carbocycles. The molecule has 2 aliphatic rings. The first kappa shape index (κ1) is 10.1. The van der Waals surface area contributed by atoms with E-state index in [0.29, 0.717) is 24.8 Å². The molecule has 1 aromatic rings. The summed E-state index contributed by atoms with van der Waals surface area (Å²) in [4.78, 5) is 15.0. The molecule has 3 nitrogen and oxygen atoms in total. The molecule has 0 unspecified atom stereocenters. The van der Waals surface area contributed by atoms with Gasteiger partial charge in [-0.15, -0.1) is 0 Å². The number of aromatic amines is 1. The molecule has 0 saturated heterocycles. The summed E-state index contributed by atoms with van der Waals surface area (Å²) in [5, 5.41) is 0. The molecule has 3 heteroatoms. The highest BCUT2D eigenvalue weighted by Gasteiger charge is 2.30. The predicted octanol–water partition coefficient (Wildman–Crippen LogP) is 1.63. The summed E-state index contributed by atoms with van der Waals surface area (Å²) in [6.07, 6.45) is 5.66. The molecule has 3 rings (SSSR count). The number of aromatic nitrogens is 1. The Morgan fingerprint density at radius 2 is 1.94 bits per heavy atom. The van der Waals surface area contributed by atoms with E-state index in [9.17, 15) is 4.79 Å². The van der Waals surface area contributed by atoms with Crippen molar-refractivity contribution in [2.75, 3.05) is 6.54 Å². The van der Waals surface area contributed by atoms with Gasteiger partial charge in [0.25, 0.3) is 5.56 Å². The van der Waals surface area contributed by atoms with E-state index in [-0.39, 0.29) is 5.56 Å². The maximum atomic E-state index is 12.0. The Morgan fingerprint density at radius 3 is 2.50 bits per heavy atom. The van der Waals surface area contributed by atoms with Crippen molar-refractivity contribution in [1.82, 2.24) is 4.98 Å². The largest absolute Gasteiger partial charge is 0.330 e. The second-order valence-corrected chi connectivity index (χ2v) is 5.07. The van der Waals surface area contributed by atoms with Crippen LogP contribution in [0.4, 0.5) is 0 Å². The van der Waals surface area contributed by atoms with Crippen molar-refractivity contribution < 1.29 is 0 Å². The van der Waals surface area contributed by atoms with Gasteiger partial charge in [-0.2, -0.15) is 0 Å². The van der Waals surface area contributed by atoms with Crippen LogP contribution in [0.5, 0.6) is 0 Å². The normalized spacial score (nSPS) is 20.1. The summed E-state index contributed by atoms with van der Waals surface area (Å²) in [6, 6.07) is 2.24. The summed E-state index contributed by atoms with van der Waals surface area (Å²) >= 11 is 0. The van der Waals surface area contributed by atoms with Gasteiger partial charge in [-0.25, -0.2) is 0 Å². The number of rotatable bonds is 4. The van der Waals surface area contributed by atoms with Crippen LogP contribution in [-0.2, 0) is 6.42 Å². The van der Waals surface area contributed by atoms with Crippen LogP contribution in [0.2, 0.25) is 0 Å². The molecule has 3 N–H and O–H groups in total. The Bertz CT molecular complexity index is 455. The lowest BCUT2D eigenvalue weighted by Crippen LogP contribution is -2.20. The second kappa shape index (κ2) is 3.74. The van der Waals surface area contributed by atoms with Gasteiger partial charge in [-0.3, -0.25) is 4.79 Å². The van der Waals surface area contributed by atoms with E-state index in [1.54, 1.807) is 0 Å². The van der Waals surface area contributed by atoms with E-state index >= 15 is 0 Å². The van der Waals surface area contributed by atoms with Crippen LogP contribution in [0.3, 0.4) is 0 Å². The van der Waals surface area contributed by atoms with Gasteiger partial charge >= 0.3 is 0 Å². The van der Waals surface area contributed by atoms with Crippen molar-refractivity contribution in [3.05, 3.63) is 33.2 Å². The summed E-state index contributed by atoms with van der Waals surface area (Å²) in [5.74, 6) is 1.26. The van der Waals surface area contributed by atoms with Crippen LogP contribution in [0, 0.1) is 0 Å². The molecule has 16 heavy (non-hydrogen) atoms. The van der Waals surface area contributed by atoms with Crippen LogP contribution in [0.15, 0.2) is 10.9 Å². The predicted molar refractivity (Wildman–Crippen MR) is 63.8 cm³/mol. The molecule has 0 amide bonds. The molecular weight excluding hydrogens is 200 g/mol. The number of nitrogens with one attached hydrogen (secondary N) is 1. The van der Waals surface area contributed by atoms with Crippen molar-refractivity contribution in [2.24, 2.45) is 5.73 Å². The van der Waals surface area contributed by atoms with Gasteiger partial charge < -0.3 is 10.7 Å². The maximum absolute atomic E-state index is 12.0. The zero-order valence-corrected chi connectivity index (χ0v) is 9.46. The first-order valence-corrected chi connectivity index (χ1v) is 6.25. The maximum Gasteiger partial charge on any atom is 0.251 e. The topological polar surface area (TPSA) is 58.9 Å². The lowest BCUT2D eigenvalue weighted by atomic mass is 10.0. The molecule has 1 aromatic heterocycles. The van der Waals surface area contributed by atoms with E-state index < -0.39 is 0 Å². The third kappa shape index (κ3) is 1.80. The molecule has 0 atom stereocenters. The van der Waals surface area contributed by atoms with E-state index in [0.717, 1.165) is 11.3 Å². The van der Waals surface area contributed by atoms with E-state index in [4.69, 9.17) is 5.73 Å². The molecule has 1 heterocycles. The number of H-pyrrole nitrogens is 1. The molecule has 0 bridgehead atoms. The van der Waals surface area contributed by atoms with Gasteiger partial charge in [0, 0.05) is 11.3 Å². The zero-order valence-electron chi connectivity index (χ0n) is 9.46. The standard InChI is InChI=1S/C13H18N2O/c14-6-5-10-11(8-1-2-8)7-12(9-3-4-9)15-13(10)16/h7-9H,1-6,14H2,(H,15,16). The summed E-state index contributed by atoms with van der Waals surface area (Å²) in [7, 11) is 0. The van der Waals surface area contributed by atoms with Crippen molar-refractivity contribution in [3.63, 3.8) is 0 Å². The van der Waals surface area contributed by atoms with Gasteiger partial charge in [0.1, 0.15) is 0 Å². The van der Waals surface area contributed by atoms with Gasteiger partial charge in [-0.05, 0) is 62.1 Å². The zero-order chi connectivity index (χ0) is 11.1. The molecule has 2 aliphatic carbocycles. The van der Waals surface area contributed by atoms with Crippen LogP contribution >= 0.6 is 0 Å². The SMILES string of the molecule is NCCc1c(C2CC2)cc(C2CC2)[nH]c1=O. The number of nitrogens with two attached hydrogens (primary N) is 1.